The molecule has 3 N–H and O–H groups in total. The molecule has 0 bridgehead atoms. The van der Waals surface area contributed by atoms with Gasteiger partial charge in [0.15, 0.2) is 5.69 Å². The van der Waals surface area contributed by atoms with Crippen LogP contribution in [0.1, 0.15) is 16.1 Å². The van der Waals surface area contributed by atoms with Gasteiger partial charge in [-0.25, -0.2) is 10.1 Å². The molecule has 29 heavy (non-hydrogen) atoms. The summed E-state index contributed by atoms with van der Waals surface area (Å²) in [4.78, 5) is 12.9. The predicted octanol–water partition coefficient (Wildman–Crippen LogP) is 2.32. The van der Waals surface area contributed by atoms with Crippen molar-refractivity contribution < 1.29 is 9.42 Å². The van der Waals surface area contributed by atoms with Crippen molar-refractivity contribution in [3.63, 3.8) is 0 Å². The second-order valence-corrected chi connectivity index (χ2v) is 6.22. The standard InChI is InChI=1S/C18H13ClN8O2/c19-13-8-6-11(7-9-13)10-21-23-18(28)15-14(12-4-2-1-3-5-12)22-26-27(15)17-16(20)24-29-25-17/h1-10H,(H2,20,24)(H,23,28). The van der Waals surface area contributed by atoms with Gasteiger partial charge in [-0.3, -0.25) is 4.79 Å². The van der Waals surface area contributed by atoms with Crippen LogP contribution in [0.4, 0.5) is 5.82 Å². The van der Waals surface area contributed by atoms with Gasteiger partial charge >= 0.3 is 0 Å². The minimum atomic E-state index is -0.568. The molecule has 10 nitrogen and oxygen atoms in total. The Labute approximate surface area is 168 Å². The molecular formula is C18H13ClN8O2. The maximum Gasteiger partial charge on any atom is 0.292 e. The van der Waals surface area contributed by atoms with E-state index in [4.69, 9.17) is 17.3 Å². The number of benzene rings is 2. The second kappa shape index (κ2) is 7.90. The topological polar surface area (TPSA) is 137 Å². The van der Waals surface area contributed by atoms with Crippen molar-refractivity contribution in [1.29, 1.82) is 0 Å². The van der Waals surface area contributed by atoms with Crippen LogP contribution in [0.15, 0.2) is 64.3 Å². The Bertz CT molecular complexity index is 1170. The van der Waals surface area contributed by atoms with E-state index in [9.17, 15) is 4.79 Å². The third-order valence-electron chi connectivity index (χ3n) is 3.88. The molecule has 0 saturated heterocycles. The largest absolute Gasteiger partial charge is 0.378 e. The summed E-state index contributed by atoms with van der Waals surface area (Å²) in [7, 11) is 0. The Morgan fingerprint density at radius 1 is 1.14 bits per heavy atom. The molecule has 0 saturated carbocycles. The molecule has 2 aromatic carbocycles. The molecule has 0 aliphatic heterocycles. The third kappa shape index (κ3) is 3.82. The van der Waals surface area contributed by atoms with E-state index in [0.29, 0.717) is 16.3 Å². The average molecular weight is 409 g/mol. The van der Waals surface area contributed by atoms with Crippen LogP contribution in [0.25, 0.3) is 17.1 Å². The van der Waals surface area contributed by atoms with Gasteiger partial charge in [-0.2, -0.15) is 9.78 Å². The van der Waals surface area contributed by atoms with Gasteiger partial charge in [-0.15, -0.1) is 5.10 Å². The summed E-state index contributed by atoms with van der Waals surface area (Å²) in [5.41, 5.74) is 10.0. The van der Waals surface area contributed by atoms with E-state index >= 15 is 0 Å². The Morgan fingerprint density at radius 2 is 1.90 bits per heavy atom. The lowest BCUT2D eigenvalue weighted by atomic mass is 10.1. The summed E-state index contributed by atoms with van der Waals surface area (Å²) in [5.74, 6) is -0.554. The number of carbonyl (C=O) groups excluding carboxylic acids is 1. The molecule has 0 spiro atoms. The summed E-state index contributed by atoms with van der Waals surface area (Å²) >= 11 is 5.86. The first kappa shape index (κ1) is 18.3. The molecule has 0 aliphatic carbocycles. The maximum atomic E-state index is 12.9. The minimum Gasteiger partial charge on any atom is -0.378 e. The minimum absolute atomic E-state index is 0.0340. The monoisotopic (exact) mass is 408 g/mol. The molecule has 2 aromatic heterocycles. The number of nitrogens with one attached hydrogen (secondary N) is 1. The summed E-state index contributed by atoms with van der Waals surface area (Å²) in [6, 6.07) is 16.1. The number of anilines is 1. The number of amides is 1. The smallest absolute Gasteiger partial charge is 0.292 e. The number of hydrogen-bond donors (Lipinski definition) is 2. The van der Waals surface area contributed by atoms with Crippen molar-refractivity contribution in [3.05, 3.63) is 70.9 Å². The van der Waals surface area contributed by atoms with Gasteiger partial charge in [0, 0.05) is 10.6 Å². The van der Waals surface area contributed by atoms with E-state index in [2.05, 4.69) is 35.8 Å². The van der Waals surface area contributed by atoms with Crippen molar-refractivity contribution in [1.82, 2.24) is 30.7 Å². The molecule has 144 valence electrons. The molecule has 2 heterocycles. The number of hydrogen-bond acceptors (Lipinski definition) is 8. The van der Waals surface area contributed by atoms with E-state index in [1.165, 1.54) is 6.21 Å². The number of halogens is 1. The van der Waals surface area contributed by atoms with Crippen LogP contribution in [0.2, 0.25) is 5.02 Å². The number of nitrogens with two attached hydrogens (primary N) is 1. The van der Waals surface area contributed by atoms with Crippen molar-refractivity contribution in [2.75, 3.05) is 5.73 Å². The Hall–Kier alpha value is -4.05. The van der Waals surface area contributed by atoms with Crippen LogP contribution in [-0.4, -0.2) is 37.4 Å². The number of nitrogens with zero attached hydrogens (tertiary/aromatic N) is 6. The van der Waals surface area contributed by atoms with Crippen molar-refractivity contribution >= 4 is 29.5 Å². The number of hydrazone groups is 1. The van der Waals surface area contributed by atoms with Crippen molar-refractivity contribution in [2.45, 2.75) is 0 Å². The van der Waals surface area contributed by atoms with E-state index in [1.54, 1.807) is 36.4 Å². The molecule has 1 amide bonds. The number of aromatic nitrogens is 5. The van der Waals surface area contributed by atoms with Gasteiger partial charge < -0.3 is 5.73 Å². The highest BCUT2D eigenvalue weighted by molar-refractivity contribution is 6.30. The second-order valence-electron chi connectivity index (χ2n) is 5.79. The fourth-order valence-electron chi connectivity index (χ4n) is 2.53. The van der Waals surface area contributed by atoms with E-state index in [0.717, 1.165) is 10.2 Å². The van der Waals surface area contributed by atoms with Crippen LogP contribution in [-0.2, 0) is 0 Å². The lowest BCUT2D eigenvalue weighted by Gasteiger charge is -2.04. The SMILES string of the molecule is Nc1nonc1-n1nnc(-c2ccccc2)c1C(=O)NN=Cc1ccc(Cl)cc1. The number of rotatable bonds is 5. The highest BCUT2D eigenvalue weighted by atomic mass is 35.5. The fraction of sp³-hybridized carbons (Fsp3) is 0. The molecule has 4 aromatic rings. The van der Waals surface area contributed by atoms with Gasteiger partial charge in [-0.05, 0) is 28.0 Å². The molecule has 0 fully saturated rings. The summed E-state index contributed by atoms with van der Waals surface area (Å²) < 4.78 is 5.77. The zero-order valence-electron chi connectivity index (χ0n) is 14.7. The Morgan fingerprint density at radius 3 is 2.59 bits per heavy atom. The summed E-state index contributed by atoms with van der Waals surface area (Å²) in [6.07, 6.45) is 1.48. The Kier molecular flexibility index (Phi) is 4.99. The lowest BCUT2D eigenvalue weighted by molar-refractivity contribution is 0.0948. The number of carbonyl (C=O) groups is 1. The molecule has 11 heteroatoms. The van der Waals surface area contributed by atoms with Crippen LogP contribution in [0, 0.1) is 0 Å². The molecule has 0 unspecified atom stereocenters. The van der Waals surface area contributed by atoms with E-state index in [-0.39, 0.29) is 17.3 Å². The molecule has 0 aliphatic rings. The maximum absolute atomic E-state index is 12.9. The van der Waals surface area contributed by atoms with Crippen LogP contribution < -0.4 is 11.2 Å². The van der Waals surface area contributed by atoms with Crippen LogP contribution >= 0.6 is 11.6 Å². The van der Waals surface area contributed by atoms with Crippen molar-refractivity contribution in [3.8, 4) is 17.1 Å². The zero-order valence-corrected chi connectivity index (χ0v) is 15.5. The first-order chi connectivity index (χ1) is 14.1. The third-order valence-corrected chi connectivity index (χ3v) is 4.13. The van der Waals surface area contributed by atoms with Crippen LogP contribution in [0.5, 0.6) is 0 Å². The van der Waals surface area contributed by atoms with Gasteiger partial charge in [-0.1, -0.05) is 59.3 Å². The predicted molar refractivity (Wildman–Crippen MR) is 106 cm³/mol. The first-order valence-electron chi connectivity index (χ1n) is 8.32. The quantitative estimate of drug-likeness (QED) is 0.381. The highest BCUT2D eigenvalue weighted by Crippen LogP contribution is 2.24. The van der Waals surface area contributed by atoms with Crippen LogP contribution in [0.3, 0.4) is 0 Å². The summed E-state index contributed by atoms with van der Waals surface area (Å²) in [5, 5.41) is 19.9. The van der Waals surface area contributed by atoms with E-state index in [1.807, 2.05) is 18.2 Å². The number of nitrogen functional groups attached to an aromatic ring is 1. The average Bonchev–Trinajstić information content (AvgIpc) is 3.36. The Balaban J connectivity index is 1.68. The van der Waals surface area contributed by atoms with Gasteiger partial charge in [0.2, 0.25) is 11.6 Å². The molecule has 0 radical (unpaired) electrons. The fourth-order valence-corrected chi connectivity index (χ4v) is 2.66. The van der Waals surface area contributed by atoms with Gasteiger partial charge in [0.05, 0.1) is 6.21 Å². The first-order valence-corrected chi connectivity index (χ1v) is 8.70. The van der Waals surface area contributed by atoms with Gasteiger partial charge in [0.1, 0.15) is 5.69 Å². The highest BCUT2D eigenvalue weighted by Gasteiger charge is 2.25. The van der Waals surface area contributed by atoms with E-state index < -0.39 is 5.91 Å². The lowest BCUT2D eigenvalue weighted by Crippen LogP contribution is -2.22. The van der Waals surface area contributed by atoms with Crippen molar-refractivity contribution in [2.24, 2.45) is 5.10 Å². The zero-order chi connectivity index (χ0) is 20.2. The molecular weight excluding hydrogens is 396 g/mol. The summed E-state index contributed by atoms with van der Waals surface area (Å²) in [6.45, 7) is 0. The van der Waals surface area contributed by atoms with Gasteiger partial charge in [0.25, 0.3) is 5.91 Å². The normalized spacial score (nSPS) is 11.1. The molecule has 4 rings (SSSR count). The molecule has 0 atom stereocenters.